The molecule has 7 heteroatoms. The van der Waals surface area contributed by atoms with E-state index in [0.29, 0.717) is 6.42 Å². The van der Waals surface area contributed by atoms with Gasteiger partial charge in [-0.2, -0.15) is 0 Å². The lowest BCUT2D eigenvalue weighted by Crippen LogP contribution is -2.58. The van der Waals surface area contributed by atoms with Gasteiger partial charge >= 0.3 is 0 Å². The highest BCUT2D eigenvalue weighted by Crippen LogP contribution is 2.09. The van der Waals surface area contributed by atoms with Crippen molar-refractivity contribution in [2.75, 3.05) is 13.2 Å². The highest BCUT2D eigenvalue weighted by Gasteiger charge is 2.30. The van der Waals surface area contributed by atoms with Gasteiger partial charge in [0.2, 0.25) is 5.91 Å². The second kappa shape index (κ2) is 7.06. The van der Waals surface area contributed by atoms with Crippen molar-refractivity contribution in [3.8, 4) is 0 Å². The van der Waals surface area contributed by atoms with E-state index in [9.17, 15) is 19.8 Å². The fraction of sp³-hybridized carbons (Fsp3) is 0.538. The van der Waals surface area contributed by atoms with Gasteiger partial charge in [0.25, 0.3) is 5.91 Å². The van der Waals surface area contributed by atoms with Crippen molar-refractivity contribution in [3.63, 3.8) is 0 Å². The van der Waals surface area contributed by atoms with Crippen LogP contribution < -0.4 is 10.6 Å². The minimum atomic E-state index is -1.08. The molecule has 4 N–H and O–H groups in total. The Morgan fingerprint density at radius 2 is 2.05 bits per heavy atom. The lowest BCUT2D eigenvalue weighted by Gasteiger charge is -2.31. The standard InChI is InChI=1S/C13H20N2O5/c1-3-13(7-16,8-17)15-11(18)9(2)14-12(19)10-5-4-6-20-10/h4-6,9,16-17H,3,7-8H2,1-2H3,(H,14,19)(H,15,18). The van der Waals surface area contributed by atoms with Crippen molar-refractivity contribution in [2.45, 2.75) is 31.8 Å². The highest BCUT2D eigenvalue weighted by molar-refractivity contribution is 5.95. The molecule has 0 fully saturated rings. The van der Waals surface area contributed by atoms with Gasteiger partial charge in [-0.25, -0.2) is 0 Å². The molecular formula is C13H20N2O5. The van der Waals surface area contributed by atoms with E-state index >= 15 is 0 Å². The first-order valence-electron chi connectivity index (χ1n) is 6.36. The minimum absolute atomic E-state index is 0.107. The van der Waals surface area contributed by atoms with Crippen LogP contribution in [0.25, 0.3) is 0 Å². The van der Waals surface area contributed by atoms with Crippen LogP contribution in [0.15, 0.2) is 22.8 Å². The monoisotopic (exact) mass is 284 g/mol. The van der Waals surface area contributed by atoms with Crippen LogP contribution in [0, 0.1) is 0 Å². The third-order valence-corrected chi connectivity index (χ3v) is 3.16. The van der Waals surface area contributed by atoms with Crippen LogP contribution in [0.4, 0.5) is 0 Å². The first-order valence-corrected chi connectivity index (χ1v) is 6.36. The first kappa shape index (κ1) is 16.2. The third kappa shape index (κ3) is 3.82. The van der Waals surface area contributed by atoms with Crippen LogP contribution in [0.3, 0.4) is 0 Å². The number of hydrogen-bond donors (Lipinski definition) is 4. The van der Waals surface area contributed by atoms with Gasteiger partial charge in [-0.3, -0.25) is 9.59 Å². The number of nitrogens with one attached hydrogen (secondary N) is 2. The van der Waals surface area contributed by atoms with E-state index in [0.717, 1.165) is 0 Å². The van der Waals surface area contributed by atoms with Gasteiger partial charge in [0.05, 0.1) is 25.0 Å². The van der Waals surface area contributed by atoms with Crippen LogP contribution in [0.5, 0.6) is 0 Å². The summed E-state index contributed by atoms with van der Waals surface area (Å²) in [4.78, 5) is 23.7. The van der Waals surface area contributed by atoms with Gasteiger partial charge < -0.3 is 25.3 Å². The fourth-order valence-corrected chi connectivity index (χ4v) is 1.55. The van der Waals surface area contributed by atoms with Crippen molar-refractivity contribution in [1.29, 1.82) is 0 Å². The summed E-state index contributed by atoms with van der Waals surface area (Å²) in [5.74, 6) is -0.890. The fourth-order valence-electron chi connectivity index (χ4n) is 1.55. The maximum Gasteiger partial charge on any atom is 0.287 e. The van der Waals surface area contributed by atoms with Crippen molar-refractivity contribution >= 4 is 11.8 Å². The molecule has 0 radical (unpaired) electrons. The molecule has 20 heavy (non-hydrogen) atoms. The van der Waals surface area contributed by atoms with Gasteiger partial charge in [-0.05, 0) is 25.5 Å². The predicted molar refractivity (Wildman–Crippen MR) is 71.0 cm³/mol. The largest absolute Gasteiger partial charge is 0.459 e. The van der Waals surface area contributed by atoms with Crippen molar-refractivity contribution in [2.24, 2.45) is 0 Å². The van der Waals surface area contributed by atoms with Crippen LogP contribution in [0.1, 0.15) is 30.8 Å². The molecule has 2 amide bonds. The van der Waals surface area contributed by atoms with Crippen LogP contribution in [-0.4, -0.2) is 46.8 Å². The first-order chi connectivity index (χ1) is 9.48. The smallest absolute Gasteiger partial charge is 0.287 e. The average Bonchev–Trinajstić information content (AvgIpc) is 2.99. The molecule has 0 aromatic carbocycles. The molecule has 1 atom stereocenters. The molecule has 0 aliphatic carbocycles. The van der Waals surface area contributed by atoms with E-state index in [2.05, 4.69) is 10.6 Å². The zero-order valence-electron chi connectivity index (χ0n) is 11.5. The van der Waals surface area contributed by atoms with Crippen LogP contribution in [0.2, 0.25) is 0 Å². The Kier molecular flexibility index (Phi) is 5.72. The Balaban J connectivity index is 2.61. The number of carbonyl (C=O) groups is 2. The lowest BCUT2D eigenvalue weighted by molar-refractivity contribution is -0.126. The molecule has 1 unspecified atom stereocenters. The minimum Gasteiger partial charge on any atom is -0.459 e. The second-order valence-electron chi connectivity index (χ2n) is 4.61. The predicted octanol–water partition coefficient (Wildman–Crippen LogP) is -0.352. The molecule has 0 spiro atoms. The van der Waals surface area contributed by atoms with Gasteiger partial charge in [-0.15, -0.1) is 0 Å². The van der Waals surface area contributed by atoms with Gasteiger partial charge in [-0.1, -0.05) is 6.92 Å². The summed E-state index contributed by atoms with van der Waals surface area (Å²) < 4.78 is 4.92. The Hall–Kier alpha value is -1.86. The molecule has 0 bridgehead atoms. The molecule has 0 saturated carbocycles. The highest BCUT2D eigenvalue weighted by atomic mass is 16.3. The van der Waals surface area contributed by atoms with E-state index in [1.54, 1.807) is 13.0 Å². The zero-order valence-corrected chi connectivity index (χ0v) is 11.5. The van der Waals surface area contributed by atoms with Crippen LogP contribution >= 0.6 is 0 Å². The number of furan rings is 1. The molecule has 112 valence electrons. The molecule has 7 nitrogen and oxygen atoms in total. The summed E-state index contributed by atoms with van der Waals surface area (Å²) in [5.41, 5.74) is -1.08. The quantitative estimate of drug-likeness (QED) is 0.546. The summed E-state index contributed by atoms with van der Waals surface area (Å²) in [5, 5.41) is 23.5. The normalized spacial score (nSPS) is 12.8. The molecular weight excluding hydrogens is 264 g/mol. The maximum absolute atomic E-state index is 12.0. The molecule has 1 aromatic heterocycles. The van der Waals surface area contributed by atoms with Gasteiger partial charge in [0.1, 0.15) is 6.04 Å². The molecule has 1 rings (SSSR count). The van der Waals surface area contributed by atoms with E-state index < -0.39 is 23.4 Å². The summed E-state index contributed by atoms with van der Waals surface area (Å²) in [6.07, 6.45) is 1.73. The second-order valence-corrected chi connectivity index (χ2v) is 4.61. The molecule has 1 aromatic rings. The Morgan fingerprint density at radius 3 is 2.50 bits per heavy atom. The number of hydrogen-bond acceptors (Lipinski definition) is 5. The van der Waals surface area contributed by atoms with E-state index in [1.165, 1.54) is 19.3 Å². The van der Waals surface area contributed by atoms with Crippen LogP contribution in [-0.2, 0) is 4.79 Å². The molecule has 0 aliphatic heterocycles. The maximum atomic E-state index is 12.0. The number of rotatable bonds is 7. The topological polar surface area (TPSA) is 112 Å². The lowest BCUT2D eigenvalue weighted by atomic mass is 9.98. The Labute approximate surface area is 117 Å². The summed E-state index contributed by atoms with van der Waals surface area (Å²) in [7, 11) is 0. The Bertz CT molecular complexity index is 431. The van der Waals surface area contributed by atoms with E-state index in [4.69, 9.17) is 4.42 Å². The number of amides is 2. The molecule has 1 heterocycles. The number of aliphatic hydroxyl groups is 2. The summed E-state index contributed by atoms with van der Waals surface area (Å²) in [6.45, 7) is 2.47. The van der Waals surface area contributed by atoms with Crippen molar-refractivity contribution in [1.82, 2.24) is 10.6 Å². The van der Waals surface area contributed by atoms with E-state index in [1.807, 2.05) is 0 Å². The molecule has 0 aliphatic rings. The summed E-state index contributed by atoms with van der Waals surface area (Å²) >= 11 is 0. The van der Waals surface area contributed by atoms with Gasteiger partial charge in [0.15, 0.2) is 5.76 Å². The molecule has 0 saturated heterocycles. The number of aliphatic hydroxyl groups excluding tert-OH is 2. The Morgan fingerprint density at radius 1 is 1.40 bits per heavy atom. The average molecular weight is 284 g/mol. The SMILES string of the molecule is CCC(CO)(CO)NC(=O)C(C)NC(=O)c1ccco1. The van der Waals surface area contributed by atoms with Gasteiger partial charge in [0, 0.05) is 0 Å². The summed E-state index contributed by atoms with van der Waals surface area (Å²) in [6, 6.07) is 2.23. The van der Waals surface area contributed by atoms with Crippen molar-refractivity contribution < 1.29 is 24.2 Å². The zero-order chi connectivity index (χ0) is 15.2. The number of carbonyl (C=O) groups excluding carboxylic acids is 2. The third-order valence-electron chi connectivity index (χ3n) is 3.16. The van der Waals surface area contributed by atoms with E-state index in [-0.39, 0.29) is 19.0 Å². The van der Waals surface area contributed by atoms with Crippen molar-refractivity contribution in [3.05, 3.63) is 24.2 Å².